The highest BCUT2D eigenvalue weighted by Gasteiger charge is 2.62. The maximum absolute atomic E-state index is 14.9. The van der Waals surface area contributed by atoms with Gasteiger partial charge in [-0.25, -0.2) is 18.4 Å². The van der Waals surface area contributed by atoms with Crippen molar-refractivity contribution >= 4 is 55.7 Å². The predicted molar refractivity (Wildman–Crippen MR) is 225 cm³/mol. The number of carbonyl (C=O) groups excluding carboxylic acids is 3. The van der Waals surface area contributed by atoms with Gasteiger partial charge in [0.15, 0.2) is 0 Å². The lowest BCUT2D eigenvalue weighted by Gasteiger charge is -2.36. The van der Waals surface area contributed by atoms with Gasteiger partial charge in [0, 0.05) is 40.4 Å². The molecule has 5 atom stereocenters. The lowest BCUT2D eigenvalue weighted by atomic mass is 9.85. The molecule has 3 N–H and O–H groups in total. The number of rotatable bonds is 14. The molecule has 0 unspecified atom stereocenters. The maximum Gasteiger partial charge on any atom is 0.259 e. The van der Waals surface area contributed by atoms with Crippen LogP contribution in [0.5, 0.6) is 11.5 Å². The molecule has 2 aromatic carbocycles. The molecule has 2 aliphatic carbocycles. The van der Waals surface area contributed by atoms with E-state index in [9.17, 15) is 22.8 Å². The lowest BCUT2D eigenvalue weighted by Crippen LogP contribution is -2.58. The number of benzene rings is 2. The summed E-state index contributed by atoms with van der Waals surface area (Å²) in [6.07, 6.45) is 2.11. The van der Waals surface area contributed by atoms with Crippen LogP contribution in [-0.2, 0) is 24.4 Å². The van der Waals surface area contributed by atoms with Crippen LogP contribution in [0.2, 0.25) is 0 Å². The summed E-state index contributed by atoms with van der Waals surface area (Å²) in [5.41, 5.74) is 1.70. The molecule has 4 aromatic rings. The molecule has 58 heavy (non-hydrogen) atoms. The van der Waals surface area contributed by atoms with Crippen molar-refractivity contribution in [3.8, 4) is 22.2 Å². The smallest absolute Gasteiger partial charge is 0.259 e. The number of sulfonamides is 1. The minimum Gasteiger partial charge on any atom is -0.496 e. The average molecular weight is 829 g/mol. The van der Waals surface area contributed by atoms with E-state index in [1.165, 1.54) is 16.2 Å². The quantitative estimate of drug-likeness (QED) is 0.122. The number of methoxy groups -OCH3 is 1. The van der Waals surface area contributed by atoms with Gasteiger partial charge in [-0.2, -0.15) is 0 Å². The van der Waals surface area contributed by atoms with Crippen molar-refractivity contribution in [3.63, 3.8) is 0 Å². The number of thiazole rings is 1. The average Bonchev–Trinajstić information content (AvgIpc) is 4.06. The van der Waals surface area contributed by atoms with Crippen LogP contribution in [0.25, 0.3) is 21.6 Å². The Morgan fingerprint density at radius 3 is 2.40 bits per heavy atom. The number of amides is 3. The Bertz CT molecular complexity index is 2360. The van der Waals surface area contributed by atoms with Crippen LogP contribution in [0.3, 0.4) is 0 Å². The van der Waals surface area contributed by atoms with Crippen molar-refractivity contribution in [1.29, 1.82) is 0 Å². The molecule has 3 fully saturated rings. The van der Waals surface area contributed by atoms with Gasteiger partial charge in [-0.3, -0.25) is 19.1 Å². The van der Waals surface area contributed by atoms with Gasteiger partial charge in [0.05, 0.1) is 30.1 Å². The van der Waals surface area contributed by atoms with Gasteiger partial charge in [-0.15, -0.1) is 17.9 Å². The monoisotopic (exact) mass is 828 g/mol. The molecule has 1 saturated heterocycles. The van der Waals surface area contributed by atoms with E-state index in [-0.39, 0.29) is 31.2 Å². The second kappa shape index (κ2) is 15.6. The number of hydrogen-bond donors (Lipinski definition) is 3. The molecular weight excluding hydrogens is 777 g/mol. The highest BCUT2D eigenvalue weighted by atomic mass is 32.2. The number of fused-ring (bicyclic) bond motifs is 1. The second-order valence-corrected chi connectivity index (χ2v) is 19.8. The van der Waals surface area contributed by atoms with E-state index in [2.05, 4.69) is 35.8 Å². The fraction of sp³-hybridized carbons (Fsp3) is 0.465. The van der Waals surface area contributed by atoms with Crippen molar-refractivity contribution in [3.05, 3.63) is 77.8 Å². The van der Waals surface area contributed by atoms with Crippen LogP contribution in [0.1, 0.15) is 77.5 Å². The van der Waals surface area contributed by atoms with Crippen molar-refractivity contribution in [1.82, 2.24) is 24.9 Å². The van der Waals surface area contributed by atoms with Crippen molar-refractivity contribution in [2.75, 3.05) is 19.0 Å². The number of aromatic nitrogens is 2. The molecule has 15 heteroatoms. The first-order valence-electron chi connectivity index (χ1n) is 19.7. The topological polar surface area (TPSA) is 169 Å². The first-order chi connectivity index (χ1) is 27.4. The first-order valence-corrected chi connectivity index (χ1v) is 22.1. The van der Waals surface area contributed by atoms with Crippen LogP contribution < -0.4 is 24.8 Å². The van der Waals surface area contributed by atoms with Crippen LogP contribution >= 0.6 is 11.3 Å². The van der Waals surface area contributed by atoms with E-state index < -0.39 is 62.1 Å². The number of aryl methyl sites for hydroxylation is 1. The summed E-state index contributed by atoms with van der Waals surface area (Å²) in [4.78, 5) is 54.5. The molecule has 3 amide bonds. The summed E-state index contributed by atoms with van der Waals surface area (Å²) in [6, 6.07) is 13.2. The number of ether oxygens (including phenoxy) is 2. The molecule has 7 rings (SSSR count). The molecule has 308 valence electrons. The van der Waals surface area contributed by atoms with Crippen LogP contribution in [0.15, 0.2) is 66.6 Å². The molecule has 3 aliphatic rings. The summed E-state index contributed by atoms with van der Waals surface area (Å²) in [5, 5.41) is 9.15. The Morgan fingerprint density at radius 1 is 1.07 bits per heavy atom. The largest absolute Gasteiger partial charge is 0.496 e. The number of likely N-dealkylation sites (tertiary alicyclic amines) is 1. The van der Waals surface area contributed by atoms with Gasteiger partial charge in [0.25, 0.3) is 5.91 Å². The van der Waals surface area contributed by atoms with Crippen molar-refractivity contribution in [2.45, 2.75) is 102 Å². The van der Waals surface area contributed by atoms with Gasteiger partial charge in [0.1, 0.15) is 45.9 Å². The highest BCUT2D eigenvalue weighted by molar-refractivity contribution is 7.91. The Balaban J connectivity index is 1.24. The number of carbonyl (C=O) groups is 3. The van der Waals surface area contributed by atoms with Gasteiger partial charge >= 0.3 is 0 Å². The first kappa shape index (κ1) is 41.2. The second-order valence-electron chi connectivity index (χ2n) is 17.0. The third kappa shape index (κ3) is 8.15. The van der Waals surface area contributed by atoms with E-state index in [1.807, 2.05) is 81.6 Å². The summed E-state index contributed by atoms with van der Waals surface area (Å²) in [5.74, 6) is -0.793. The molecule has 3 heterocycles. The number of anilines is 1. The molecule has 2 saturated carbocycles. The number of para-hydroxylation sites is 1. The Hall–Kier alpha value is -5.02. The van der Waals surface area contributed by atoms with Crippen LogP contribution in [0.4, 0.5) is 5.69 Å². The Morgan fingerprint density at radius 2 is 1.79 bits per heavy atom. The van der Waals surface area contributed by atoms with E-state index in [0.29, 0.717) is 35.6 Å². The summed E-state index contributed by atoms with van der Waals surface area (Å²) < 4.78 is 40.3. The minimum absolute atomic E-state index is 0.0587. The number of nitrogens with zero attached hydrogens (tertiary/aromatic N) is 3. The maximum atomic E-state index is 14.9. The molecule has 0 radical (unpaired) electrons. The molecule has 13 nitrogen and oxygen atoms in total. The SMILES string of the molecule is C=C[C@@H]1C[C@]1(NC(=O)[C@@H]1C[C@@H](Oc2cc(-c3nc(C(C)C)cs3)nc3c(C)c(OC)ccc23)CN1C(=O)[C@@H](Nc1ccccc1)C(C)(C)C)C(=O)NS(=O)(=O)C1CC1. The molecule has 0 bridgehead atoms. The minimum atomic E-state index is -3.89. The lowest BCUT2D eigenvalue weighted by molar-refractivity contribution is -0.141. The highest BCUT2D eigenvalue weighted by Crippen LogP contribution is 2.46. The number of nitrogens with one attached hydrogen (secondary N) is 3. The normalized spacial score (nSPS) is 22.3. The van der Waals surface area contributed by atoms with Crippen molar-refractivity contribution < 1.29 is 32.3 Å². The zero-order valence-corrected chi connectivity index (χ0v) is 35.6. The third-order valence-corrected chi connectivity index (χ3v) is 14.0. The fourth-order valence-corrected chi connectivity index (χ4v) is 9.87. The van der Waals surface area contributed by atoms with Gasteiger partial charge in [-0.1, -0.05) is 58.9 Å². The van der Waals surface area contributed by atoms with Crippen LogP contribution in [-0.4, -0.2) is 83.6 Å². The van der Waals surface area contributed by atoms with E-state index in [1.54, 1.807) is 13.2 Å². The standard InChI is InChI=1S/C43H52N6O7S2/c1-9-26-21-43(26,41(52)48-58(53,54)29-15-16-29)47-38(50)33-19-28(22-49(33)40(51)37(42(5,6)7)44-27-13-11-10-12-14-27)56-35-20-31(39-46-32(23-57-39)24(2)3)45-36-25(4)34(55-8)18-17-30(35)36/h9-14,17-18,20,23-24,26,28-29,33,37,44H,1,15-16,19,21-22H2,2-8H3,(H,47,50)(H,48,52)/t26-,28-,33+,37-,43-/m1/s1. The molecule has 1 aliphatic heterocycles. The number of hydrogen-bond acceptors (Lipinski definition) is 11. The summed E-state index contributed by atoms with van der Waals surface area (Å²) in [6.45, 7) is 15.8. The van der Waals surface area contributed by atoms with E-state index in [0.717, 1.165) is 27.3 Å². The Kier molecular flexibility index (Phi) is 11.1. The predicted octanol–water partition coefficient (Wildman–Crippen LogP) is 6.34. The van der Waals surface area contributed by atoms with Crippen molar-refractivity contribution in [2.24, 2.45) is 11.3 Å². The zero-order chi connectivity index (χ0) is 41.7. The Labute approximate surface area is 344 Å². The zero-order valence-electron chi connectivity index (χ0n) is 34.0. The third-order valence-electron chi connectivity index (χ3n) is 11.3. The van der Waals surface area contributed by atoms with Gasteiger partial charge in [-0.05, 0) is 61.8 Å². The summed E-state index contributed by atoms with van der Waals surface area (Å²) in [7, 11) is -2.28. The fourth-order valence-electron chi connectivity index (χ4n) is 7.57. The molecule has 2 aromatic heterocycles. The van der Waals surface area contributed by atoms with E-state index in [4.69, 9.17) is 19.4 Å². The van der Waals surface area contributed by atoms with Gasteiger partial charge in [0.2, 0.25) is 21.8 Å². The molecule has 0 spiro atoms. The number of pyridine rings is 1. The van der Waals surface area contributed by atoms with Crippen LogP contribution in [0, 0.1) is 18.3 Å². The molecular formula is C43H52N6O7S2. The van der Waals surface area contributed by atoms with Gasteiger partial charge < -0.3 is 25.0 Å². The summed E-state index contributed by atoms with van der Waals surface area (Å²) >= 11 is 1.49. The van der Waals surface area contributed by atoms with E-state index >= 15 is 0 Å².